The Kier molecular flexibility index (Phi) is 2.77. The lowest BCUT2D eigenvalue weighted by Gasteiger charge is -2.33. The molecule has 2 rings (SSSR count). The van der Waals surface area contributed by atoms with E-state index in [0.717, 1.165) is 25.9 Å². The molecule has 0 aromatic heterocycles. The second-order valence-electron chi connectivity index (χ2n) is 3.79. The van der Waals surface area contributed by atoms with Crippen molar-refractivity contribution < 1.29 is 9.47 Å². The molecular weight excluding hydrogens is 281 g/mol. The van der Waals surface area contributed by atoms with Crippen LogP contribution in [0, 0.1) is 16.7 Å². The fourth-order valence-electron chi connectivity index (χ4n) is 1.80. The van der Waals surface area contributed by atoms with Gasteiger partial charge < -0.3 is 9.47 Å². The molecule has 13 heavy (non-hydrogen) atoms. The smallest absolute Gasteiger partial charge is 0.110 e. The topological polar surface area (TPSA) is 45.5 Å². The Labute approximate surface area is 91.5 Å². The van der Waals surface area contributed by atoms with Crippen molar-refractivity contribution >= 4 is 22.6 Å². The van der Waals surface area contributed by atoms with Crippen LogP contribution in [0.4, 0.5) is 0 Å². The van der Waals surface area contributed by atoms with Gasteiger partial charge in [0.2, 0.25) is 0 Å². The molecule has 2 aliphatic rings. The lowest BCUT2D eigenvalue weighted by atomic mass is 9.78. The monoisotopic (exact) mass is 293 g/mol. The summed E-state index contributed by atoms with van der Waals surface area (Å²) in [6, 6.07) is 2.45. The van der Waals surface area contributed by atoms with Gasteiger partial charge in [-0.3, -0.25) is 0 Å². The van der Waals surface area contributed by atoms with E-state index in [1.807, 2.05) is 0 Å². The SMILES string of the molecule is N#CC1(CC2CO2)CCOC(I)C1. The van der Waals surface area contributed by atoms with Gasteiger partial charge in [0.05, 0.1) is 24.2 Å². The molecule has 0 aromatic rings. The Hall–Kier alpha value is 0.140. The summed E-state index contributed by atoms with van der Waals surface area (Å²) in [5, 5.41) is 9.17. The van der Waals surface area contributed by atoms with Crippen LogP contribution in [0.3, 0.4) is 0 Å². The summed E-state index contributed by atoms with van der Waals surface area (Å²) in [5.41, 5.74) is -0.175. The molecule has 3 unspecified atom stereocenters. The van der Waals surface area contributed by atoms with Crippen LogP contribution in [0.5, 0.6) is 0 Å². The molecule has 0 saturated carbocycles. The van der Waals surface area contributed by atoms with Gasteiger partial charge in [-0.05, 0) is 12.8 Å². The summed E-state index contributed by atoms with van der Waals surface area (Å²) in [6.45, 7) is 1.56. The van der Waals surface area contributed by atoms with E-state index < -0.39 is 0 Å². The number of nitrogens with zero attached hydrogens (tertiary/aromatic N) is 1. The average Bonchev–Trinajstić information content (AvgIpc) is 2.88. The summed E-state index contributed by atoms with van der Waals surface area (Å²) < 4.78 is 10.8. The summed E-state index contributed by atoms with van der Waals surface area (Å²) in [5.74, 6) is 0. The quantitative estimate of drug-likeness (QED) is 0.443. The van der Waals surface area contributed by atoms with Gasteiger partial charge in [-0.1, -0.05) is 22.6 Å². The van der Waals surface area contributed by atoms with E-state index >= 15 is 0 Å². The van der Waals surface area contributed by atoms with Crippen molar-refractivity contribution in [3.8, 4) is 6.07 Å². The minimum absolute atomic E-state index is 0.175. The van der Waals surface area contributed by atoms with E-state index in [1.54, 1.807) is 0 Å². The first kappa shape index (κ1) is 9.69. The molecular formula is C9H12INO2. The van der Waals surface area contributed by atoms with Gasteiger partial charge in [0.15, 0.2) is 0 Å². The molecule has 0 radical (unpaired) electrons. The Bertz CT molecular complexity index is 232. The number of alkyl halides is 1. The maximum absolute atomic E-state index is 9.17. The number of nitriles is 1. The van der Waals surface area contributed by atoms with Gasteiger partial charge in [-0.25, -0.2) is 0 Å². The second-order valence-corrected chi connectivity index (χ2v) is 5.18. The van der Waals surface area contributed by atoms with Crippen molar-refractivity contribution in [2.75, 3.05) is 13.2 Å². The molecule has 4 heteroatoms. The Morgan fingerprint density at radius 2 is 2.31 bits per heavy atom. The predicted octanol–water partition coefficient (Wildman–Crippen LogP) is 1.86. The largest absolute Gasteiger partial charge is 0.373 e. The third-order valence-electron chi connectivity index (χ3n) is 2.69. The first-order valence-corrected chi connectivity index (χ1v) is 5.77. The van der Waals surface area contributed by atoms with E-state index in [1.165, 1.54) is 0 Å². The van der Waals surface area contributed by atoms with E-state index in [0.29, 0.717) is 12.7 Å². The van der Waals surface area contributed by atoms with Crippen LogP contribution < -0.4 is 0 Å². The lowest BCUT2D eigenvalue weighted by molar-refractivity contribution is 0.0226. The highest BCUT2D eigenvalue weighted by Crippen LogP contribution is 2.41. The molecule has 2 aliphatic heterocycles. The third-order valence-corrected chi connectivity index (χ3v) is 3.49. The zero-order valence-electron chi connectivity index (χ0n) is 7.33. The van der Waals surface area contributed by atoms with Crippen LogP contribution in [0.2, 0.25) is 0 Å². The normalized spacial score (nSPS) is 44.0. The van der Waals surface area contributed by atoms with Crippen molar-refractivity contribution in [1.29, 1.82) is 5.26 Å². The molecule has 0 amide bonds. The first-order valence-electron chi connectivity index (χ1n) is 4.53. The van der Waals surface area contributed by atoms with Crippen LogP contribution in [-0.2, 0) is 9.47 Å². The van der Waals surface area contributed by atoms with Crippen molar-refractivity contribution in [3.05, 3.63) is 0 Å². The number of rotatable bonds is 2. The molecule has 2 saturated heterocycles. The standard InChI is InChI=1S/C9H12INO2/c10-8-4-9(6-11,1-2-12-8)3-7-5-13-7/h7-8H,1-5H2. The van der Waals surface area contributed by atoms with Gasteiger partial charge in [0, 0.05) is 13.0 Å². The molecule has 72 valence electrons. The zero-order chi connectivity index (χ0) is 9.31. The predicted molar refractivity (Wildman–Crippen MR) is 55.4 cm³/mol. The third kappa shape index (κ3) is 2.33. The molecule has 0 bridgehead atoms. The van der Waals surface area contributed by atoms with Gasteiger partial charge in [-0.15, -0.1) is 0 Å². The average molecular weight is 293 g/mol. The van der Waals surface area contributed by atoms with Gasteiger partial charge in [-0.2, -0.15) is 5.26 Å². The number of hydrogen-bond acceptors (Lipinski definition) is 3. The van der Waals surface area contributed by atoms with Crippen LogP contribution in [-0.4, -0.2) is 23.4 Å². The first-order chi connectivity index (χ1) is 6.24. The number of hydrogen-bond donors (Lipinski definition) is 0. The van der Waals surface area contributed by atoms with E-state index in [2.05, 4.69) is 28.7 Å². The maximum Gasteiger partial charge on any atom is 0.110 e. The Morgan fingerprint density at radius 3 is 2.85 bits per heavy atom. The van der Waals surface area contributed by atoms with Crippen LogP contribution in [0.25, 0.3) is 0 Å². The minimum Gasteiger partial charge on any atom is -0.373 e. The number of halogens is 1. The van der Waals surface area contributed by atoms with E-state index in [-0.39, 0.29) is 9.53 Å². The fourth-order valence-corrected chi connectivity index (χ4v) is 2.90. The highest BCUT2D eigenvalue weighted by Gasteiger charge is 2.41. The fraction of sp³-hybridized carbons (Fsp3) is 0.889. The van der Waals surface area contributed by atoms with Crippen molar-refractivity contribution in [1.82, 2.24) is 0 Å². The summed E-state index contributed by atoms with van der Waals surface area (Å²) in [4.78, 5) is 0. The molecule has 0 aliphatic carbocycles. The second kappa shape index (κ2) is 3.71. The lowest BCUT2D eigenvalue weighted by Crippen LogP contribution is -2.32. The van der Waals surface area contributed by atoms with Gasteiger partial charge >= 0.3 is 0 Å². The van der Waals surface area contributed by atoms with Crippen LogP contribution >= 0.6 is 22.6 Å². The number of ether oxygens (including phenoxy) is 2. The van der Waals surface area contributed by atoms with E-state index in [4.69, 9.17) is 9.47 Å². The summed E-state index contributed by atoms with van der Waals surface area (Å²) in [7, 11) is 0. The van der Waals surface area contributed by atoms with Crippen molar-refractivity contribution in [2.45, 2.75) is 29.5 Å². The summed E-state index contributed by atoms with van der Waals surface area (Å²) in [6.07, 6.45) is 2.96. The van der Waals surface area contributed by atoms with Crippen LogP contribution in [0.1, 0.15) is 19.3 Å². The van der Waals surface area contributed by atoms with Crippen LogP contribution in [0.15, 0.2) is 0 Å². The minimum atomic E-state index is -0.175. The van der Waals surface area contributed by atoms with E-state index in [9.17, 15) is 5.26 Å². The molecule has 3 nitrogen and oxygen atoms in total. The molecule has 0 N–H and O–H groups in total. The van der Waals surface area contributed by atoms with Gasteiger partial charge in [0.1, 0.15) is 4.11 Å². The number of epoxide rings is 1. The molecule has 0 spiro atoms. The highest BCUT2D eigenvalue weighted by atomic mass is 127. The molecule has 0 aromatic carbocycles. The zero-order valence-corrected chi connectivity index (χ0v) is 9.49. The Morgan fingerprint density at radius 1 is 1.54 bits per heavy atom. The molecule has 2 heterocycles. The van der Waals surface area contributed by atoms with Gasteiger partial charge in [0.25, 0.3) is 0 Å². The molecule has 3 atom stereocenters. The Balaban J connectivity index is 2.00. The maximum atomic E-state index is 9.17. The molecule has 2 fully saturated rings. The van der Waals surface area contributed by atoms with Crippen molar-refractivity contribution in [3.63, 3.8) is 0 Å². The van der Waals surface area contributed by atoms with Crippen molar-refractivity contribution in [2.24, 2.45) is 5.41 Å². The highest BCUT2D eigenvalue weighted by molar-refractivity contribution is 14.1. The summed E-state index contributed by atoms with van der Waals surface area (Å²) >= 11 is 2.26.